The van der Waals surface area contributed by atoms with E-state index in [-0.39, 0.29) is 27.0 Å². The largest absolute Gasteiger partial charge is 0.379 e. The van der Waals surface area contributed by atoms with Gasteiger partial charge in [-0.1, -0.05) is 20.8 Å². The van der Waals surface area contributed by atoms with Crippen molar-refractivity contribution in [2.75, 3.05) is 72.5 Å². The third-order valence-corrected chi connectivity index (χ3v) is 4.19. The molecule has 1 aliphatic heterocycles. The topological polar surface area (TPSA) is 146 Å². The van der Waals surface area contributed by atoms with Gasteiger partial charge < -0.3 is 39.7 Å². The van der Waals surface area contributed by atoms with Crippen LogP contribution in [0.1, 0.15) is 42.9 Å². The third-order valence-electron chi connectivity index (χ3n) is 4.19. The highest BCUT2D eigenvalue weighted by Gasteiger charge is 2.26. The molecule has 0 saturated carbocycles. The van der Waals surface area contributed by atoms with Gasteiger partial charge in [0, 0.05) is 41.8 Å². The Labute approximate surface area is 200 Å². The van der Waals surface area contributed by atoms with Gasteiger partial charge in [-0.05, 0) is 5.92 Å². The van der Waals surface area contributed by atoms with E-state index in [9.17, 15) is 14.4 Å². The number of nitrogens with two attached hydrogens (primary N) is 1. The van der Waals surface area contributed by atoms with Crippen LogP contribution in [-0.2, 0) is 38.1 Å². The van der Waals surface area contributed by atoms with Crippen LogP contribution in [0.2, 0.25) is 0 Å². The van der Waals surface area contributed by atoms with E-state index in [2.05, 4.69) is 5.32 Å². The van der Waals surface area contributed by atoms with Crippen LogP contribution in [0.5, 0.6) is 0 Å². The summed E-state index contributed by atoms with van der Waals surface area (Å²) in [7, 11) is 0. The summed E-state index contributed by atoms with van der Waals surface area (Å²) in [6.07, 6.45) is 1.11. The Morgan fingerprint density at radius 1 is 0.970 bits per heavy atom. The number of nitrogens with one attached hydrogen (secondary N) is 1. The molecular formula is C22H47N3O8. The van der Waals surface area contributed by atoms with Crippen molar-refractivity contribution >= 4 is 24.5 Å². The first-order valence-corrected chi connectivity index (χ1v) is 11.4. The van der Waals surface area contributed by atoms with Gasteiger partial charge in [0.2, 0.25) is 17.7 Å². The minimum atomic E-state index is -0.381. The number of nitrogens with zero attached hydrogens (tertiary/aromatic N) is 1. The van der Waals surface area contributed by atoms with Gasteiger partial charge in [-0.15, -0.1) is 0 Å². The maximum absolute atomic E-state index is 11.8. The first kappa shape index (κ1) is 33.1. The zero-order chi connectivity index (χ0) is 25.3. The van der Waals surface area contributed by atoms with Gasteiger partial charge in [-0.2, -0.15) is 0 Å². The molecule has 11 heteroatoms. The van der Waals surface area contributed by atoms with Crippen molar-refractivity contribution in [1.82, 2.24) is 10.2 Å². The standard InChI is InChI=1S/C19H35N3O7.C2H6.CH2O.2H2/c1-16-14-19(25)22(15-16)5-2-18(24)21-4-7-27-9-11-29-13-12-28-10-8-26-6-3-17(20)23;2*1-2;;/h16H,2-15H2,1H3,(H2,20,23)(H,21,24);1-2H3;1H2;2*1H. The first-order chi connectivity index (χ1) is 16.0. The summed E-state index contributed by atoms with van der Waals surface area (Å²) in [5.74, 6) is 0.0515. The third kappa shape index (κ3) is 21.5. The molecule has 33 heavy (non-hydrogen) atoms. The van der Waals surface area contributed by atoms with E-state index in [4.69, 9.17) is 29.5 Å². The fourth-order valence-corrected chi connectivity index (χ4v) is 2.71. The Hall–Kier alpha value is -2.08. The molecule has 3 amide bonds. The number of carbonyl (C=O) groups is 4. The van der Waals surface area contributed by atoms with Gasteiger partial charge in [0.25, 0.3) is 0 Å². The van der Waals surface area contributed by atoms with E-state index in [1.165, 1.54) is 0 Å². The van der Waals surface area contributed by atoms with Gasteiger partial charge in [0.15, 0.2) is 0 Å². The molecule has 1 atom stereocenters. The molecule has 1 unspecified atom stereocenters. The monoisotopic (exact) mass is 481 g/mol. The number of amides is 3. The number of hydrogen-bond acceptors (Lipinski definition) is 8. The maximum Gasteiger partial charge on any atom is 0.222 e. The Morgan fingerprint density at radius 2 is 1.45 bits per heavy atom. The molecular weight excluding hydrogens is 434 g/mol. The second-order valence-corrected chi connectivity index (χ2v) is 6.91. The average molecular weight is 482 g/mol. The van der Waals surface area contributed by atoms with Crippen molar-refractivity contribution in [3.05, 3.63) is 0 Å². The molecule has 1 aliphatic rings. The molecule has 0 aromatic heterocycles. The summed E-state index contributed by atoms with van der Waals surface area (Å²) < 4.78 is 21.2. The molecule has 0 bridgehead atoms. The Morgan fingerprint density at radius 3 is 1.91 bits per heavy atom. The van der Waals surface area contributed by atoms with Crippen molar-refractivity contribution in [2.45, 2.75) is 40.0 Å². The maximum atomic E-state index is 11.8. The fourth-order valence-electron chi connectivity index (χ4n) is 2.71. The fraction of sp³-hybridized carbons (Fsp3) is 0.818. The number of likely N-dealkylation sites (tertiary alicyclic amines) is 1. The number of rotatable bonds is 18. The van der Waals surface area contributed by atoms with Crippen molar-refractivity contribution in [2.24, 2.45) is 11.7 Å². The van der Waals surface area contributed by atoms with Crippen LogP contribution in [-0.4, -0.2) is 102 Å². The molecule has 0 aromatic rings. The van der Waals surface area contributed by atoms with Gasteiger partial charge in [-0.3, -0.25) is 14.4 Å². The SMILES string of the molecule is C=O.CC.CC1CC(=O)N(CCC(=O)NCCOCCOCCOCCOCCC(N)=O)C1.[HH].[HH]. The summed E-state index contributed by atoms with van der Waals surface area (Å²) >= 11 is 0. The second kappa shape index (κ2) is 24.6. The van der Waals surface area contributed by atoms with Gasteiger partial charge in [-0.25, -0.2) is 0 Å². The smallest absolute Gasteiger partial charge is 0.222 e. The van der Waals surface area contributed by atoms with E-state index >= 15 is 0 Å². The quantitative estimate of drug-likeness (QED) is 0.271. The Balaban J connectivity index is -0.000000759. The summed E-state index contributed by atoms with van der Waals surface area (Å²) in [6.45, 7) is 13.0. The number of carbonyl (C=O) groups excluding carboxylic acids is 4. The van der Waals surface area contributed by atoms with Crippen LogP contribution in [0.4, 0.5) is 0 Å². The lowest BCUT2D eigenvalue weighted by atomic mass is 10.2. The predicted octanol–water partition coefficient (Wildman–Crippen LogP) is 0.636. The molecule has 198 valence electrons. The lowest BCUT2D eigenvalue weighted by molar-refractivity contribution is -0.128. The molecule has 1 saturated heterocycles. The van der Waals surface area contributed by atoms with E-state index in [0.29, 0.717) is 84.7 Å². The normalized spacial score (nSPS) is 14.7. The molecule has 0 radical (unpaired) electrons. The number of primary amides is 1. The molecule has 11 nitrogen and oxygen atoms in total. The summed E-state index contributed by atoms with van der Waals surface area (Å²) in [6, 6.07) is 0. The molecule has 3 N–H and O–H groups in total. The van der Waals surface area contributed by atoms with Gasteiger partial charge in [0.05, 0.1) is 52.9 Å². The van der Waals surface area contributed by atoms with Crippen LogP contribution >= 0.6 is 0 Å². The van der Waals surface area contributed by atoms with Crippen LogP contribution < -0.4 is 11.1 Å². The van der Waals surface area contributed by atoms with Gasteiger partial charge >= 0.3 is 0 Å². The van der Waals surface area contributed by atoms with Crippen LogP contribution in [0, 0.1) is 5.92 Å². The highest BCUT2D eigenvalue weighted by atomic mass is 16.6. The van der Waals surface area contributed by atoms with Crippen LogP contribution in [0.25, 0.3) is 0 Å². The lowest BCUT2D eigenvalue weighted by Gasteiger charge is -2.15. The van der Waals surface area contributed by atoms with Crippen molar-refractivity contribution in [3.8, 4) is 0 Å². The molecule has 1 rings (SSSR count). The van der Waals surface area contributed by atoms with Gasteiger partial charge in [0.1, 0.15) is 6.79 Å². The van der Waals surface area contributed by atoms with Crippen LogP contribution in [0.3, 0.4) is 0 Å². The molecule has 0 aromatic carbocycles. The lowest BCUT2D eigenvalue weighted by Crippen LogP contribution is -2.33. The molecule has 1 heterocycles. The average Bonchev–Trinajstić information content (AvgIpc) is 3.14. The summed E-state index contributed by atoms with van der Waals surface area (Å²) in [5, 5.41) is 2.78. The molecule has 0 aliphatic carbocycles. The summed E-state index contributed by atoms with van der Waals surface area (Å²) in [5.41, 5.74) is 4.99. The zero-order valence-electron chi connectivity index (χ0n) is 20.5. The van der Waals surface area contributed by atoms with E-state index in [1.807, 2.05) is 27.6 Å². The first-order valence-electron chi connectivity index (χ1n) is 11.4. The number of ether oxygens (including phenoxy) is 4. The van der Waals surface area contributed by atoms with Crippen molar-refractivity contribution in [1.29, 1.82) is 0 Å². The minimum Gasteiger partial charge on any atom is -0.379 e. The zero-order valence-corrected chi connectivity index (χ0v) is 20.5. The number of hydrogen-bond donors (Lipinski definition) is 2. The van der Waals surface area contributed by atoms with Crippen molar-refractivity contribution in [3.63, 3.8) is 0 Å². The highest BCUT2D eigenvalue weighted by molar-refractivity contribution is 5.80. The van der Waals surface area contributed by atoms with Crippen molar-refractivity contribution < 1.29 is 41.0 Å². The summed E-state index contributed by atoms with van der Waals surface area (Å²) in [4.78, 5) is 43.7. The molecule has 1 fully saturated rings. The van der Waals surface area contributed by atoms with E-state index < -0.39 is 0 Å². The predicted molar refractivity (Wildman–Crippen MR) is 128 cm³/mol. The second-order valence-electron chi connectivity index (χ2n) is 6.91. The van der Waals surface area contributed by atoms with E-state index in [0.717, 1.165) is 6.54 Å². The highest BCUT2D eigenvalue weighted by Crippen LogP contribution is 2.16. The Bertz CT molecular complexity index is 519. The Kier molecular flexibility index (Phi) is 24.6. The van der Waals surface area contributed by atoms with Crippen LogP contribution in [0.15, 0.2) is 0 Å². The minimum absolute atomic E-state index is 0. The molecule has 0 spiro atoms. The van der Waals surface area contributed by atoms with E-state index in [1.54, 1.807) is 4.90 Å².